The van der Waals surface area contributed by atoms with Crippen LogP contribution in [-0.2, 0) is 16.1 Å². The van der Waals surface area contributed by atoms with Crippen molar-refractivity contribution in [2.45, 2.75) is 57.1 Å². The van der Waals surface area contributed by atoms with Crippen LogP contribution < -0.4 is 9.46 Å². The lowest BCUT2D eigenvalue weighted by Gasteiger charge is -2.28. The van der Waals surface area contributed by atoms with Gasteiger partial charge in [-0.05, 0) is 51.3 Å². The first-order valence-corrected chi connectivity index (χ1v) is 8.75. The van der Waals surface area contributed by atoms with Crippen molar-refractivity contribution in [2.75, 3.05) is 6.61 Å². The van der Waals surface area contributed by atoms with Gasteiger partial charge in [0.25, 0.3) is 0 Å². The minimum Gasteiger partial charge on any atom is -0.598 e. The molecule has 0 radical (unpaired) electrons. The van der Waals surface area contributed by atoms with Crippen LogP contribution in [0.5, 0.6) is 5.75 Å². The van der Waals surface area contributed by atoms with Gasteiger partial charge in [-0.25, -0.2) is 0 Å². The molecule has 0 amide bonds. The quantitative estimate of drug-likeness (QED) is 0.731. The van der Waals surface area contributed by atoms with Gasteiger partial charge in [0.05, 0.1) is 12.7 Å². The third kappa shape index (κ3) is 6.25. The minimum atomic E-state index is -2.87. The Labute approximate surface area is 138 Å². The monoisotopic (exact) mass is 347 g/mol. The summed E-state index contributed by atoms with van der Waals surface area (Å²) in [5, 5.41) is 0. The molecule has 1 aliphatic rings. The second-order valence-corrected chi connectivity index (χ2v) is 8.53. The zero-order chi connectivity index (χ0) is 17.0. The lowest BCUT2D eigenvalue weighted by molar-refractivity contribution is -0.0499. The average Bonchev–Trinajstić information content (AvgIpc) is 3.25. The Bertz CT molecular complexity index is 506. The molecule has 1 fully saturated rings. The van der Waals surface area contributed by atoms with Gasteiger partial charge in [-0.3, -0.25) is 0 Å². The molecular formula is C16H23F2NO3S. The topological polar surface area (TPSA) is 53.5 Å². The Morgan fingerprint density at radius 2 is 2.04 bits per heavy atom. The molecule has 0 bridgehead atoms. The third-order valence-corrected chi connectivity index (χ3v) is 4.93. The van der Waals surface area contributed by atoms with Crippen LogP contribution in [-0.4, -0.2) is 28.6 Å². The van der Waals surface area contributed by atoms with E-state index >= 15 is 0 Å². The fourth-order valence-electron chi connectivity index (χ4n) is 1.88. The number of rotatable bonds is 8. The summed E-state index contributed by atoms with van der Waals surface area (Å²) in [7, 11) is 0. The van der Waals surface area contributed by atoms with Crippen LogP contribution in [0.2, 0.25) is 0 Å². The molecule has 7 heteroatoms. The number of benzene rings is 1. The van der Waals surface area contributed by atoms with E-state index in [-0.39, 0.29) is 17.9 Å². The molecule has 2 rings (SSSR count). The van der Waals surface area contributed by atoms with Crippen molar-refractivity contribution < 1.29 is 22.8 Å². The van der Waals surface area contributed by atoms with Gasteiger partial charge in [-0.15, -0.1) is 4.72 Å². The summed E-state index contributed by atoms with van der Waals surface area (Å²) in [6.45, 7) is 3.06. The van der Waals surface area contributed by atoms with Crippen LogP contribution in [0.25, 0.3) is 0 Å². The highest BCUT2D eigenvalue weighted by Crippen LogP contribution is 2.28. The van der Waals surface area contributed by atoms with Crippen molar-refractivity contribution in [3.8, 4) is 5.75 Å². The second kappa shape index (κ2) is 7.79. The van der Waals surface area contributed by atoms with E-state index in [2.05, 4.69) is 9.46 Å². The van der Waals surface area contributed by atoms with Crippen LogP contribution in [0.1, 0.15) is 45.2 Å². The maximum atomic E-state index is 12.4. The number of alkyl halides is 2. The van der Waals surface area contributed by atoms with E-state index in [0.717, 1.165) is 12.8 Å². The normalized spacial score (nSPS) is 18.0. The second-order valence-electron chi connectivity index (χ2n) is 6.54. The molecule has 130 valence electrons. The Morgan fingerprint density at radius 3 is 2.61 bits per heavy atom. The molecule has 0 aromatic heterocycles. The summed E-state index contributed by atoms with van der Waals surface area (Å²) in [4.78, 5) is 0. The molecule has 0 aliphatic heterocycles. The van der Waals surface area contributed by atoms with Gasteiger partial charge < -0.3 is 14.0 Å². The zero-order valence-electron chi connectivity index (χ0n) is 13.6. The van der Waals surface area contributed by atoms with Crippen LogP contribution in [0, 0.1) is 0 Å². The van der Waals surface area contributed by atoms with Gasteiger partial charge >= 0.3 is 6.61 Å². The molecule has 23 heavy (non-hydrogen) atoms. The number of hydrogen-bond donors (Lipinski definition) is 1. The van der Waals surface area contributed by atoms with Gasteiger partial charge in [-0.2, -0.15) is 8.78 Å². The summed E-state index contributed by atoms with van der Waals surface area (Å²) < 4.78 is 49.9. The van der Waals surface area contributed by atoms with Crippen molar-refractivity contribution in [3.63, 3.8) is 0 Å². The molecule has 0 heterocycles. The minimum absolute atomic E-state index is 0.0808. The molecule has 0 spiro atoms. The van der Waals surface area contributed by atoms with Crippen molar-refractivity contribution in [1.29, 1.82) is 0 Å². The maximum absolute atomic E-state index is 12.4. The molecule has 1 unspecified atom stereocenters. The SMILES string of the molecule is CC(C)(C)[S@@+]([O-])NC(COC1CC1)c1cccc(OC(F)F)c1. The molecule has 4 nitrogen and oxygen atoms in total. The van der Waals surface area contributed by atoms with E-state index in [9.17, 15) is 13.3 Å². The lowest BCUT2D eigenvalue weighted by Crippen LogP contribution is -2.42. The standard InChI is InChI=1S/C16H23F2NO3S/c1-16(2,3)23(20)19-14(10-21-12-7-8-12)11-5-4-6-13(9-11)22-15(17)18/h4-6,9,12,14-15,19H,7-8,10H2,1-3H3/t14?,23-/m1/s1. The van der Waals surface area contributed by atoms with E-state index in [4.69, 9.17) is 4.74 Å². The predicted octanol–water partition coefficient (Wildman–Crippen LogP) is 3.56. The molecule has 1 aromatic rings. The summed E-state index contributed by atoms with van der Waals surface area (Å²) in [5.41, 5.74) is 0.710. The Balaban J connectivity index is 2.11. The average molecular weight is 347 g/mol. The highest BCUT2D eigenvalue weighted by molar-refractivity contribution is 7.90. The zero-order valence-corrected chi connectivity index (χ0v) is 14.4. The van der Waals surface area contributed by atoms with Crippen molar-refractivity contribution in [1.82, 2.24) is 4.72 Å². The fraction of sp³-hybridized carbons (Fsp3) is 0.625. The van der Waals surface area contributed by atoms with Crippen LogP contribution >= 0.6 is 0 Å². The van der Waals surface area contributed by atoms with Crippen molar-refractivity contribution >= 4 is 11.4 Å². The molecule has 1 saturated carbocycles. The first-order valence-electron chi connectivity index (χ1n) is 7.60. The molecule has 2 atom stereocenters. The number of nitrogens with one attached hydrogen (secondary N) is 1. The van der Waals surface area contributed by atoms with Gasteiger partial charge in [0.15, 0.2) is 0 Å². The Hall–Kier alpha value is -0.890. The van der Waals surface area contributed by atoms with Gasteiger partial charge in [0.2, 0.25) is 0 Å². The van der Waals surface area contributed by atoms with E-state index in [1.165, 1.54) is 12.1 Å². The lowest BCUT2D eigenvalue weighted by atomic mass is 10.1. The van der Waals surface area contributed by atoms with Crippen molar-refractivity contribution in [3.05, 3.63) is 29.8 Å². The third-order valence-electron chi connectivity index (χ3n) is 3.31. The number of ether oxygens (including phenoxy) is 2. The van der Waals surface area contributed by atoms with E-state index in [1.807, 2.05) is 20.8 Å². The maximum Gasteiger partial charge on any atom is 0.387 e. The summed E-state index contributed by atoms with van der Waals surface area (Å²) in [6, 6.07) is 6.07. The summed E-state index contributed by atoms with van der Waals surface area (Å²) in [6.07, 6.45) is 2.32. The number of hydrogen-bond acceptors (Lipinski definition) is 4. The molecular weight excluding hydrogens is 324 g/mol. The smallest absolute Gasteiger partial charge is 0.387 e. The van der Waals surface area contributed by atoms with E-state index in [0.29, 0.717) is 12.2 Å². The Morgan fingerprint density at radius 1 is 1.35 bits per heavy atom. The van der Waals surface area contributed by atoms with Crippen LogP contribution in [0.15, 0.2) is 24.3 Å². The molecule has 1 aliphatic carbocycles. The Kier molecular flexibility index (Phi) is 6.25. The van der Waals surface area contributed by atoms with Gasteiger partial charge in [0, 0.05) is 11.4 Å². The largest absolute Gasteiger partial charge is 0.598 e. The van der Waals surface area contributed by atoms with E-state index in [1.54, 1.807) is 12.1 Å². The van der Waals surface area contributed by atoms with Crippen LogP contribution in [0.3, 0.4) is 0 Å². The van der Waals surface area contributed by atoms with E-state index < -0.39 is 22.7 Å². The summed E-state index contributed by atoms with van der Waals surface area (Å²) in [5.74, 6) is 0.0808. The molecule has 1 aromatic carbocycles. The first-order chi connectivity index (χ1) is 10.8. The van der Waals surface area contributed by atoms with Crippen molar-refractivity contribution in [2.24, 2.45) is 0 Å². The highest BCUT2D eigenvalue weighted by Gasteiger charge is 2.31. The number of halogens is 2. The summed E-state index contributed by atoms with van der Waals surface area (Å²) >= 11 is -1.30. The molecule has 1 N–H and O–H groups in total. The van der Waals surface area contributed by atoms with Gasteiger partial charge in [0.1, 0.15) is 16.5 Å². The van der Waals surface area contributed by atoms with Crippen LogP contribution in [0.4, 0.5) is 8.78 Å². The first kappa shape index (κ1) is 18.4. The fourth-order valence-corrected chi connectivity index (χ4v) is 2.69. The highest BCUT2D eigenvalue weighted by atomic mass is 32.2. The predicted molar refractivity (Wildman–Crippen MR) is 85.8 cm³/mol. The molecule has 0 saturated heterocycles. The van der Waals surface area contributed by atoms with Gasteiger partial charge in [-0.1, -0.05) is 12.1 Å².